The van der Waals surface area contributed by atoms with Crippen molar-refractivity contribution in [3.63, 3.8) is 0 Å². The molecular weight excluding hydrogens is 396 g/mol. The van der Waals surface area contributed by atoms with Crippen LogP contribution in [0.2, 0.25) is 0 Å². The van der Waals surface area contributed by atoms with E-state index in [1.54, 1.807) is 12.1 Å². The van der Waals surface area contributed by atoms with E-state index in [1.165, 1.54) is 29.7 Å². The molecule has 1 unspecified atom stereocenters. The Balaban J connectivity index is 2.09. The fourth-order valence-electron chi connectivity index (χ4n) is 2.70. The van der Waals surface area contributed by atoms with E-state index in [9.17, 15) is 23.1 Å². The van der Waals surface area contributed by atoms with Crippen LogP contribution in [-0.4, -0.2) is 41.9 Å². The van der Waals surface area contributed by atoms with Crippen LogP contribution in [0.3, 0.4) is 0 Å². The molecule has 0 aliphatic rings. The number of hydrogen-bond acceptors (Lipinski definition) is 6. The van der Waals surface area contributed by atoms with Gasteiger partial charge in [0.05, 0.1) is 10.6 Å². The third-order valence-corrected chi connectivity index (χ3v) is 6.22. The molecule has 0 radical (unpaired) electrons. The molecule has 0 saturated carbocycles. The van der Waals surface area contributed by atoms with Gasteiger partial charge in [-0.25, -0.2) is 13.9 Å². The van der Waals surface area contributed by atoms with Crippen molar-refractivity contribution in [2.75, 3.05) is 11.1 Å². The smallest absolute Gasteiger partial charge is 0.276 e. The summed E-state index contributed by atoms with van der Waals surface area (Å²) in [7, 11) is -4.02. The van der Waals surface area contributed by atoms with Crippen molar-refractivity contribution in [1.82, 2.24) is 5.48 Å². The highest BCUT2D eigenvalue weighted by Gasteiger charge is 2.36. The first kappa shape index (κ1) is 22.5. The predicted molar refractivity (Wildman–Crippen MR) is 107 cm³/mol. The second kappa shape index (κ2) is 9.17. The van der Waals surface area contributed by atoms with Gasteiger partial charge in [-0.05, 0) is 55.3 Å². The molecule has 0 saturated heterocycles. The normalized spacial score (nSPS) is 13.4. The lowest BCUT2D eigenvalue weighted by Crippen LogP contribution is -2.48. The van der Waals surface area contributed by atoms with Crippen molar-refractivity contribution < 1.29 is 28.3 Å². The lowest BCUT2D eigenvalue weighted by Gasteiger charge is -2.20. The van der Waals surface area contributed by atoms with Crippen molar-refractivity contribution in [1.29, 1.82) is 0 Å². The fourth-order valence-corrected chi connectivity index (χ4v) is 4.29. The van der Waals surface area contributed by atoms with Gasteiger partial charge in [-0.15, -0.1) is 0 Å². The number of aliphatic hydroxyl groups is 1. The molecule has 0 aliphatic carbocycles. The van der Waals surface area contributed by atoms with E-state index in [4.69, 9.17) is 5.21 Å². The summed E-state index contributed by atoms with van der Waals surface area (Å²) in [5.74, 6) is -2.47. The number of amides is 2. The average molecular weight is 420 g/mol. The minimum Gasteiger partial charge on any atom is -0.379 e. The molecule has 1 atom stereocenters. The third kappa shape index (κ3) is 5.86. The molecule has 29 heavy (non-hydrogen) atoms. The van der Waals surface area contributed by atoms with E-state index in [-0.39, 0.29) is 10.8 Å². The Morgan fingerprint density at radius 1 is 1.03 bits per heavy atom. The monoisotopic (exact) mass is 420 g/mol. The van der Waals surface area contributed by atoms with Crippen LogP contribution >= 0.6 is 0 Å². The van der Waals surface area contributed by atoms with Gasteiger partial charge in [-0.2, -0.15) is 0 Å². The Bertz CT molecular complexity index is 967. The summed E-state index contributed by atoms with van der Waals surface area (Å²) >= 11 is 0. The van der Waals surface area contributed by atoms with Crippen LogP contribution in [0.25, 0.3) is 0 Å². The minimum absolute atomic E-state index is 0.134. The summed E-state index contributed by atoms with van der Waals surface area (Å²) in [6.45, 7) is 3.06. The summed E-state index contributed by atoms with van der Waals surface area (Å²) in [6, 6.07) is 12.6. The number of benzene rings is 2. The van der Waals surface area contributed by atoms with Gasteiger partial charge in [-0.1, -0.05) is 25.5 Å². The Morgan fingerprint density at radius 2 is 1.62 bits per heavy atom. The number of anilines is 1. The predicted octanol–water partition coefficient (Wildman–Crippen LogP) is 1.92. The van der Waals surface area contributed by atoms with Crippen molar-refractivity contribution >= 4 is 27.3 Å². The first-order valence-electron chi connectivity index (χ1n) is 8.99. The van der Waals surface area contributed by atoms with Gasteiger partial charge in [0.25, 0.3) is 11.8 Å². The van der Waals surface area contributed by atoms with Crippen LogP contribution < -0.4 is 10.8 Å². The Labute approximate surface area is 169 Å². The van der Waals surface area contributed by atoms with Gasteiger partial charge in [0.1, 0.15) is 0 Å². The molecule has 2 amide bonds. The number of carbonyl (C=O) groups is 2. The zero-order chi connectivity index (χ0) is 21.7. The van der Waals surface area contributed by atoms with E-state index >= 15 is 0 Å². The van der Waals surface area contributed by atoms with E-state index in [0.717, 1.165) is 25.3 Å². The Morgan fingerprint density at radius 3 is 2.14 bits per heavy atom. The van der Waals surface area contributed by atoms with Gasteiger partial charge < -0.3 is 10.4 Å². The van der Waals surface area contributed by atoms with Crippen LogP contribution in [0.15, 0.2) is 53.4 Å². The van der Waals surface area contributed by atoms with Crippen LogP contribution in [-0.2, 0) is 21.1 Å². The number of rotatable bonds is 8. The number of nitrogens with one attached hydrogen (secondary N) is 2. The van der Waals surface area contributed by atoms with Crippen molar-refractivity contribution in [2.45, 2.75) is 37.2 Å². The first-order chi connectivity index (χ1) is 13.6. The third-order valence-electron chi connectivity index (χ3n) is 4.29. The van der Waals surface area contributed by atoms with Crippen LogP contribution in [0.5, 0.6) is 0 Å². The summed E-state index contributed by atoms with van der Waals surface area (Å²) in [6.07, 6.45) is 1.95. The molecule has 0 bridgehead atoms. The van der Waals surface area contributed by atoms with Crippen molar-refractivity contribution in [3.05, 3.63) is 59.7 Å². The van der Waals surface area contributed by atoms with Crippen molar-refractivity contribution in [3.8, 4) is 0 Å². The highest BCUT2D eigenvalue weighted by atomic mass is 32.2. The van der Waals surface area contributed by atoms with Gasteiger partial charge in [0.2, 0.25) is 0 Å². The quantitative estimate of drug-likeness (QED) is 0.381. The molecule has 9 heteroatoms. The van der Waals surface area contributed by atoms with Crippen LogP contribution in [0, 0.1) is 0 Å². The zero-order valence-electron chi connectivity index (χ0n) is 16.2. The average Bonchev–Trinajstić information content (AvgIpc) is 2.67. The molecular formula is C20H24N2O6S. The lowest BCUT2D eigenvalue weighted by atomic mass is 10.1. The molecule has 0 spiro atoms. The Hall–Kier alpha value is -2.75. The van der Waals surface area contributed by atoms with Crippen LogP contribution in [0.4, 0.5) is 5.69 Å². The molecule has 8 nitrogen and oxygen atoms in total. The van der Waals surface area contributed by atoms with E-state index < -0.39 is 27.1 Å². The molecule has 0 heterocycles. The number of hydrogen-bond donors (Lipinski definition) is 4. The number of carbonyl (C=O) groups excluding carboxylic acids is 2. The molecule has 4 N–H and O–H groups in total. The highest BCUT2D eigenvalue weighted by Crippen LogP contribution is 2.20. The maximum atomic E-state index is 12.4. The minimum atomic E-state index is -4.02. The van der Waals surface area contributed by atoms with Gasteiger partial charge in [0, 0.05) is 11.3 Å². The first-order valence-corrected chi connectivity index (χ1v) is 10.6. The number of aryl methyl sites for hydroxylation is 1. The molecule has 2 aromatic carbocycles. The fraction of sp³-hybridized carbons (Fsp3) is 0.300. The molecule has 0 aromatic heterocycles. The van der Waals surface area contributed by atoms with Gasteiger partial charge >= 0.3 is 0 Å². The second-order valence-electron chi connectivity index (χ2n) is 6.90. The number of sulfone groups is 1. The van der Waals surface area contributed by atoms with E-state index in [1.807, 2.05) is 12.1 Å². The zero-order valence-corrected chi connectivity index (χ0v) is 17.0. The maximum absolute atomic E-state index is 12.4. The maximum Gasteiger partial charge on any atom is 0.276 e. The second-order valence-corrected chi connectivity index (χ2v) is 8.89. The molecule has 2 aromatic rings. The highest BCUT2D eigenvalue weighted by molar-refractivity contribution is 7.91. The van der Waals surface area contributed by atoms with Gasteiger partial charge in [0.15, 0.2) is 15.4 Å². The topological polar surface area (TPSA) is 133 Å². The summed E-state index contributed by atoms with van der Waals surface area (Å²) in [5, 5.41) is 21.2. The molecule has 2 rings (SSSR count). The summed E-state index contributed by atoms with van der Waals surface area (Å²) in [4.78, 5) is 23.6. The molecule has 156 valence electrons. The summed E-state index contributed by atoms with van der Waals surface area (Å²) < 4.78 is 24.8. The molecule has 0 fully saturated rings. The van der Waals surface area contributed by atoms with E-state index in [2.05, 4.69) is 12.2 Å². The standard InChI is InChI=1S/C20H24N2O6S/c1-3-4-14-5-7-15(8-6-14)18(23)21-16-9-11-17(12-10-16)29(27,28)13-20(2,25)19(24)22-26/h5-12,25-26H,3-4,13H2,1-2H3,(H,21,23)(H,22,24). The Kier molecular flexibility index (Phi) is 7.12. The summed E-state index contributed by atoms with van der Waals surface area (Å²) in [5.41, 5.74) is 0.951. The SMILES string of the molecule is CCCc1ccc(C(=O)Nc2ccc(S(=O)(=O)CC(C)(O)C(=O)NO)cc2)cc1. The van der Waals surface area contributed by atoms with Crippen molar-refractivity contribution in [2.24, 2.45) is 0 Å². The van der Waals surface area contributed by atoms with Crippen LogP contribution in [0.1, 0.15) is 36.2 Å². The largest absolute Gasteiger partial charge is 0.379 e. The lowest BCUT2D eigenvalue weighted by molar-refractivity contribution is -0.144. The number of hydroxylamine groups is 1. The molecule has 0 aliphatic heterocycles. The van der Waals surface area contributed by atoms with Gasteiger partial charge in [-0.3, -0.25) is 14.8 Å². The van der Waals surface area contributed by atoms with E-state index in [0.29, 0.717) is 11.3 Å².